The Balaban J connectivity index is 2.10. The van der Waals surface area contributed by atoms with Gasteiger partial charge in [0, 0.05) is 5.25 Å². The Bertz CT molecular complexity index is 942. The molecule has 0 aliphatic carbocycles. The van der Waals surface area contributed by atoms with Crippen LogP contribution >= 0.6 is 11.8 Å². The van der Waals surface area contributed by atoms with Crippen LogP contribution in [0, 0.1) is 6.92 Å². The van der Waals surface area contributed by atoms with Crippen molar-refractivity contribution >= 4 is 21.6 Å². The highest BCUT2D eigenvalue weighted by Crippen LogP contribution is 2.37. The molecule has 1 aromatic carbocycles. The van der Waals surface area contributed by atoms with Crippen molar-refractivity contribution in [2.24, 2.45) is 0 Å². The first-order valence-electron chi connectivity index (χ1n) is 7.95. The number of aryl methyl sites for hydroxylation is 1. The molecule has 0 unspecified atom stereocenters. The van der Waals surface area contributed by atoms with E-state index in [1.807, 2.05) is 20.8 Å². The Morgan fingerprint density at radius 1 is 1.20 bits per heavy atom. The highest BCUT2D eigenvalue weighted by molar-refractivity contribution is 8.00. The van der Waals surface area contributed by atoms with E-state index in [1.165, 1.54) is 18.0 Å². The lowest BCUT2D eigenvalue weighted by atomic mass is 10.2. The molecular formula is C18H19NO4S2. The fourth-order valence-electron chi connectivity index (χ4n) is 2.14. The number of hydrogen-bond donors (Lipinski definition) is 0. The number of thioether (sulfide) groups is 1. The first-order valence-corrected chi connectivity index (χ1v) is 10.3. The molecule has 2 aromatic heterocycles. The van der Waals surface area contributed by atoms with E-state index in [1.54, 1.807) is 36.4 Å². The Morgan fingerprint density at radius 3 is 2.52 bits per heavy atom. The van der Waals surface area contributed by atoms with Crippen LogP contribution in [0.15, 0.2) is 66.5 Å². The molecule has 0 radical (unpaired) electrons. The summed E-state index contributed by atoms with van der Waals surface area (Å²) in [6.45, 7) is 5.96. The van der Waals surface area contributed by atoms with Crippen LogP contribution in [-0.2, 0) is 9.84 Å². The van der Waals surface area contributed by atoms with E-state index in [0.29, 0.717) is 10.9 Å². The molecule has 0 fully saturated rings. The fraction of sp³-hybridized carbons (Fsp3) is 0.278. The highest BCUT2D eigenvalue weighted by atomic mass is 32.2. The fourth-order valence-corrected chi connectivity index (χ4v) is 4.60. The molecule has 0 spiro atoms. The van der Waals surface area contributed by atoms with Gasteiger partial charge in [0.05, 0.1) is 11.2 Å². The Morgan fingerprint density at radius 2 is 1.92 bits per heavy atom. The number of aromatic nitrogens is 1. The molecule has 0 aliphatic rings. The van der Waals surface area contributed by atoms with Crippen LogP contribution < -0.4 is 0 Å². The van der Waals surface area contributed by atoms with Gasteiger partial charge >= 0.3 is 0 Å². The average molecular weight is 377 g/mol. The van der Waals surface area contributed by atoms with Crippen molar-refractivity contribution in [3.05, 3.63) is 48.2 Å². The van der Waals surface area contributed by atoms with E-state index in [-0.39, 0.29) is 21.1 Å². The normalized spacial score (nSPS) is 13.1. The van der Waals surface area contributed by atoms with E-state index >= 15 is 0 Å². The second kappa shape index (κ2) is 7.09. The number of furan rings is 1. The minimum atomic E-state index is -3.78. The summed E-state index contributed by atoms with van der Waals surface area (Å²) in [6.07, 6.45) is 2.38. The zero-order valence-electron chi connectivity index (χ0n) is 14.2. The zero-order valence-corrected chi connectivity index (χ0v) is 15.9. The molecule has 25 heavy (non-hydrogen) atoms. The largest absolute Gasteiger partial charge is 0.459 e. The Kier molecular flexibility index (Phi) is 5.06. The number of oxazole rings is 1. The third-order valence-electron chi connectivity index (χ3n) is 3.77. The lowest BCUT2D eigenvalue weighted by Gasteiger charge is -2.07. The number of benzene rings is 1. The lowest BCUT2D eigenvalue weighted by Crippen LogP contribution is -2.05. The standard InChI is InChI=1S/C18H19NO4S2/c1-4-13(3)24-18-17(19-16(23-18)15-6-5-11-22-15)25(20,21)14-9-7-12(2)8-10-14/h5-11,13H,4H2,1-3H3/t13-/m1/s1. The Labute approximate surface area is 151 Å². The number of sulfone groups is 1. The molecule has 2 heterocycles. The molecule has 3 rings (SSSR count). The quantitative estimate of drug-likeness (QED) is 0.565. The van der Waals surface area contributed by atoms with Crippen LogP contribution in [0.5, 0.6) is 0 Å². The molecule has 132 valence electrons. The predicted molar refractivity (Wildman–Crippen MR) is 96.4 cm³/mol. The molecular weight excluding hydrogens is 358 g/mol. The van der Waals surface area contributed by atoms with Crippen LogP contribution in [0.4, 0.5) is 0 Å². The number of rotatable bonds is 6. The lowest BCUT2D eigenvalue weighted by molar-refractivity contribution is 0.450. The van der Waals surface area contributed by atoms with Crippen LogP contribution in [0.2, 0.25) is 0 Å². The minimum Gasteiger partial charge on any atom is -0.459 e. The van der Waals surface area contributed by atoms with E-state index in [9.17, 15) is 8.42 Å². The summed E-state index contributed by atoms with van der Waals surface area (Å²) in [5, 5.41) is 0.429. The van der Waals surface area contributed by atoms with Crippen molar-refractivity contribution in [3.8, 4) is 11.7 Å². The predicted octanol–water partition coefficient (Wildman–Crippen LogP) is 4.97. The van der Waals surface area contributed by atoms with Crippen molar-refractivity contribution < 1.29 is 17.3 Å². The topological polar surface area (TPSA) is 73.3 Å². The average Bonchev–Trinajstić information content (AvgIpc) is 3.24. The second-order valence-electron chi connectivity index (χ2n) is 5.74. The van der Waals surface area contributed by atoms with Gasteiger partial charge in [-0.2, -0.15) is 4.98 Å². The summed E-state index contributed by atoms with van der Waals surface area (Å²) in [6, 6.07) is 10.1. The third-order valence-corrected chi connectivity index (χ3v) is 6.80. The zero-order chi connectivity index (χ0) is 18.0. The molecule has 5 nitrogen and oxygen atoms in total. The second-order valence-corrected chi connectivity index (χ2v) is 9.02. The van der Waals surface area contributed by atoms with Crippen molar-refractivity contribution in [1.29, 1.82) is 0 Å². The summed E-state index contributed by atoms with van der Waals surface area (Å²) in [5.74, 6) is 0.567. The molecule has 7 heteroatoms. The third kappa shape index (κ3) is 3.67. The van der Waals surface area contributed by atoms with Crippen LogP contribution in [0.3, 0.4) is 0 Å². The van der Waals surface area contributed by atoms with Gasteiger partial charge in [0.25, 0.3) is 5.89 Å². The molecule has 0 amide bonds. The molecule has 0 saturated carbocycles. The van der Waals surface area contributed by atoms with Gasteiger partial charge in [0.2, 0.25) is 20.0 Å². The summed E-state index contributed by atoms with van der Waals surface area (Å²) < 4.78 is 37.1. The number of hydrogen-bond acceptors (Lipinski definition) is 6. The van der Waals surface area contributed by atoms with Crippen molar-refractivity contribution in [2.75, 3.05) is 0 Å². The minimum absolute atomic E-state index is 0.0620. The van der Waals surface area contributed by atoms with Gasteiger partial charge in [0.1, 0.15) is 0 Å². The van der Waals surface area contributed by atoms with Crippen molar-refractivity contribution in [1.82, 2.24) is 4.98 Å². The molecule has 0 aliphatic heterocycles. The van der Waals surface area contributed by atoms with Crippen LogP contribution in [0.1, 0.15) is 25.8 Å². The van der Waals surface area contributed by atoms with Gasteiger partial charge in [-0.3, -0.25) is 0 Å². The molecule has 3 aromatic rings. The summed E-state index contributed by atoms with van der Waals surface area (Å²) >= 11 is 1.36. The van der Waals surface area contributed by atoms with Gasteiger partial charge in [0.15, 0.2) is 5.76 Å². The van der Waals surface area contributed by atoms with Gasteiger partial charge in [-0.15, -0.1) is 0 Å². The first kappa shape index (κ1) is 17.8. The summed E-state index contributed by atoms with van der Waals surface area (Å²) in [4.78, 5) is 4.44. The Hall–Kier alpha value is -1.99. The van der Waals surface area contributed by atoms with Gasteiger partial charge < -0.3 is 8.83 Å². The maximum Gasteiger partial charge on any atom is 0.265 e. The molecule has 0 N–H and O–H groups in total. The molecule has 1 atom stereocenters. The van der Waals surface area contributed by atoms with Crippen LogP contribution in [0.25, 0.3) is 11.7 Å². The van der Waals surface area contributed by atoms with Crippen molar-refractivity contribution in [3.63, 3.8) is 0 Å². The monoisotopic (exact) mass is 377 g/mol. The van der Waals surface area contributed by atoms with Crippen molar-refractivity contribution in [2.45, 2.75) is 47.5 Å². The smallest absolute Gasteiger partial charge is 0.265 e. The van der Waals surface area contributed by atoms with E-state index < -0.39 is 9.84 Å². The van der Waals surface area contributed by atoms with Crippen LogP contribution in [-0.4, -0.2) is 18.7 Å². The number of nitrogens with zero attached hydrogens (tertiary/aromatic N) is 1. The van der Waals surface area contributed by atoms with E-state index in [0.717, 1.165) is 12.0 Å². The summed E-state index contributed by atoms with van der Waals surface area (Å²) in [5.41, 5.74) is 0.990. The van der Waals surface area contributed by atoms with E-state index in [4.69, 9.17) is 8.83 Å². The maximum absolute atomic E-state index is 13.1. The summed E-state index contributed by atoms with van der Waals surface area (Å²) in [7, 11) is -3.78. The SMILES string of the molecule is CC[C@@H](C)Sc1oc(-c2ccco2)nc1S(=O)(=O)c1ccc(C)cc1. The van der Waals surface area contributed by atoms with Gasteiger partial charge in [-0.25, -0.2) is 8.42 Å². The first-order chi connectivity index (χ1) is 11.9. The van der Waals surface area contributed by atoms with Gasteiger partial charge in [-0.1, -0.05) is 43.3 Å². The van der Waals surface area contributed by atoms with Gasteiger partial charge in [-0.05, 0) is 37.6 Å². The molecule has 0 bridgehead atoms. The highest BCUT2D eigenvalue weighted by Gasteiger charge is 2.30. The maximum atomic E-state index is 13.1. The molecule has 0 saturated heterocycles. The van der Waals surface area contributed by atoms with E-state index in [2.05, 4.69) is 4.98 Å².